The molecule has 404 valence electrons. The summed E-state index contributed by atoms with van der Waals surface area (Å²) >= 11 is 9.54. The Bertz CT molecular complexity index is 1400. The Morgan fingerprint density at radius 3 is 1.03 bits per heavy atom. The number of hydroxylamine groups is 6. The molecule has 3 aliphatic heterocycles. The molecule has 3 heterocycles. The molecule has 1 N–H and O–H groups in total. The smallest absolute Gasteiger partial charge is 0.293 e. The molecule has 0 aromatic carbocycles. The average molecular weight is 1670 g/mol. The third-order valence-electron chi connectivity index (χ3n) is 7.89. The summed E-state index contributed by atoms with van der Waals surface area (Å²) in [6, 6.07) is 0. The maximum absolute atomic E-state index is 11.3. The molecule has 0 spiro atoms. The quantitative estimate of drug-likeness (QED) is 0.0385. The summed E-state index contributed by atoms with van der Waals surface area (Å²) < 4.78 is 35.2. The standard InChI is InChI=1S/C17H27NO9.C12H24O5.C9H8N2O7.CH4.I3.I2.HI/c1-2-3-4-5-16(21)25-12-10-23-8-9-24-11-13-26-17(22)27-18-14(19)6-7-15(18)20;1-2-3-4-5-12(14)17-11-10-16-9-8-15-7-6-13;12-5-1-2-6(13)10(5)17-9(16)18-11-7(14)3-4-8(11)15;;1-3-2;1-2;/h2-13H2,1H3;13H,2-11H2,1H3;1-4H2;1H4;;;1H/q;;;;-1;;. The van der Waals surface area contributed by atoms with Crippen molar-refractivity contribution in [1.82, 2.24) is 15.2 Å². The van der Waals surface area contributed by atoms with Crippen molar-refractivity contribution in [1.29, 1.82) is 0 Å². The Morgan fingerprint density at radius 1 is 0.478 bits per heavy atom. The third kappa shape index (κ3) is 41.2. The third-order valence-corrected chi connectivity index (χ3v) is 7.89. The van der Waals surface area contributed by atoms with Crippen LogP contribution >= 0.6 is 98.4 Å². The second-order valence-corrected chi connectivity index (χ2v) is 29.2. The van der Waals surface area contributed by atoms with Crippen LogP contribution in [0.1, 0.15) is 111 Å². The second kappa shape index (κ2) is 52.0. The Morgan fingerprint density at radius 2 is 0.739 bits per heavy atom. The molecule has 0 radical (unpaired) electrons. The summed E-state index contributed by atoms with van der Waals surface area (Å²) in [6.07, 6.45) is 4.06. The molecule has 0 bridgehead atoms. The van der Waals surface area contributed by atoms with Gasteiger partial charge in [0, 0.05) is 88.6 Å². The molecule has 0 aromatic heterocycles. The van der Waals surface area contributed by atoms with Gasteiger partial charge in [0.15, 0.2) is 0 Å². The van der Waals surface area contributed by atoms with Crippen molar-refractivity contribution in [2.75, 3.05) is 79.3 Å². The number of rotatable bonds is 28. The summed E-state index contributed by atoms with van der Waals surface area (Å²) in [7, 11) is 0. The van der Waals surface area contributed by atoms with Crippen LogP contribution < -0.4 is 13.3 Å². The number of hydrogen-bond acceptors (Lipinski definition) is 21. The van der Waals surface area contributed by atoms with E-state index in [4.69, 9.17) is 33.5 Å². The summed E-state index contributed by atoms with van der Waals surface area (Å²) in [4.78, 5) is 125. The predicted octanol–water partition coefficient (Wildman–Crippen LogP) is 3.56. The van der Waals surface area contributed by atoms with Gasteiger partial charge in [0.25, 0.3) is 35.4 Å². The second-order valence-electron chi connectivity index (χ2n) is 13.0. The van der Waals surface area contributed by atoms with Crippen LogP contribution in [-0.2, 0) is 86.0 Å². The first-order valence-electron chi connectivity index (χ1n) is 20.8. The molecule has 0 atom stereocenters. The van der Waals surface area contributed by atoms with Gasteiger partial charge in [0.1, 0.15) is 19.8 Å². The van der Waals surface area contributed by atoms with E-state index in [2.05, 4.69) is 108 Å². The SMILES string of the molecule is C.CCCCCC(=O)OCCOCCOCCO.CCCCCC(=O)OCCOCCOCCOC(=O)ON1C(=O)CCC1=O.I.II.I[I-]I.O=C(ON1C(=O)CCC1=O)ON1C(=O)CCC1=O. The molecule has 6 amide bonds. The van der Waals surface area contributed by atoms with Crippen LogP contribution in [0.3, 0.4) is 0 Å². The van der Waals surface area contributed by atoms with E-state index >= 15 is 0 Å². The van der Waals surface area contributed by atoms with Crippen molar-refractivity contribution >= 4 is 158 Å². The molecule has 69 heavy (non-hydrogen) atoms. The van der Waals surface area contributed by atoms with E-state index < -0.39 is 47.8 Å². The van der Waals surface area contributed by atoms with Gasteiger partial charge in [0.05, 0.1) is 59.5 Å². The summed E-state index contributed by atoms with van der Waals surface area (Å²) in [6.45, 7) is 7.17. The fourth-order valence-electron chi connectivity index (χ4n) is 4.74. The minimum atomic E-state index is -1.48. The zero-order valence-corrected chi connectivity index (χ0v) is 50.8. The van der Waals surface area contributed by atoms with Crippen LogP contribution in [0.5, 0.6) is 0 Å². The van der Waals surface area contributed by atoms with Crippen LogP contribution in [0.15, 0.2) is 0 Å². The normalized spacial score (nSPS) is 13.5. The molecular weight excluding hydrogens is 1610 g/mol. The van der Waals surface area contributed by atoms with Gasteiger partial charge >= 0.3 is 74.7 Å². The Hall–Kier alpha value is -0.920. The summed E-state index contributed by atoms with van der Waals surface area (Å²) in [5.41, 5.74) is 0. The van der Waals surface area contributed by atoms with Crippen molar-refractivity contribution in [3.63, 3.8) is 0 Å². The van der Waals surface area contributed by atoms with Crippen LogP contribution in [-0.4, -0.2) is 159 Å². The number of amides is 6. The number of ether oxygens (including phenoxy) is 7. The summed E-state index contributed by atoms with van der Waals surface area (Å²) in [5.74, 6) is -4.25. The van der Waals surface area contributed by atoms with E-state index in [0.29, 0.717) is 70.8 Å². The van der Waals surface area contributed by atoms with E-state index in [-0.39, 0.29) is 132 Å². The van der Waals surface area contributed by atoms with Gasteiger partial charge in [-0.05, 0) is 12.8 Å². The molecular formula is C39H64I6N3O21-. The number of imide groups is 3. The number of nitrogens with zero attached hydrogens (tertiary/aromatic N) is 3. The van der Waals surface area contributed by atoms with Gasteiger partial charge in [-0.25, -0.2) is 4.79 Å². The predicted molar refractivity (Wildman–Crippen MR) is 282 cm³/mol. The molecule has 0 aromatic rings. The zero-order chi connectivity index (χ0) is 50.7. The maximum Gasteiger partial charge on any atom is 0.560 e. The molecule has 0 unspecified atom stereocenters. The first kappa shape index (κ1) is 74.6. The van der Waals surface area contributed by atoms with Crippen LogP contribution in [0, 0.1) is 0 Å². The molecule has 3 rings (SSSR count). The van der Waals surface area contributed by atoms with E-state index in [1.165, 1.54) is 0 Å². The fourth-order valence-corrected chi connectivity index (χ4v) is 4.74. The molecule has 30 heteroatoms. The minimum absolute atomic E-state index is 0. The number of hydrogen-bond donors (Lipinski definition) is 1. The van der Waals surface area contributed by atoms with Crippen LogP contribution in [0.25, 0.3) is 0 Å². The average Bonchev–Trinajstić information content (AvgIpc) is 3.92. The number of halogens is 6. The minimum Gasteiger partial charge on any atom is -0.293 e. The number of carbonyl (C=O) groups is 10. The molecule has 3 fully saturated rings. The van der Waals surface area contributed by atoms with Gasteiger partial charge in [-0.2, -0.15) is 4.79 Å². The molecule has 0 saturated carbocycles. The van der Waals surface area contributed by atoms with Crippen molar-refractivity contribution < 1.29 is 114 Å². The summed E-state index contributed by atoms with van der Waals surface area (Å²) in [5, 5.41) is 9.36. The Balaban J connectivity index is -0.000000445. The van der Waals surface area contributed by atoms with E-state index in [1.54, 1.807) is 0 Å². The van der Waals surface area contributed by atoms with Crippen molar-refractivity contribution in [2.24, 2.45) is 0 Å². The van der Waals surface area contributed by atoms with E-state index in [1.807, 2.05) is 0 Å². The molecule has 0 aliphatic carbocycles. The van der Waals surface area contributed by atoms with Gasteiger partial charge in [-0.3, -0.25) is 52.9 Å². The largest absolute Gasteiger partial charge is 0.560 e. The molecule has 3 saturated heterocycles. The Labute approximate surface area is 472 Å². The molecule has 3 aliphatic rings. The van der Waals surface area contributed by atoms with E-state index in [9.17, 15) is 47.9 Å². The Kier molecular flexibility index (Phi) is 56.2. The van der Waals surface area contributed by atoms with E-state index in [0.717, 1.165) is 38.5 Å². The van der Waals surface area contributed by atoms with Crippen molar-refractivity contribution in [2.45, 2.75) is 111 Å². The van der Waals surface area contributed by atoms with Gasteiger partial charge in [0.2, 0.25) is 0 Å². The van der Waals surface area contributed by atoms with Crippen molar-refractivity contribution in [3.8, 4) is 0 Å². The number of aliphatic hydroxyl groups excluding tert-OH is 1. The first-order valence-corrected chi connectivity index (χ1v) is 39.7. The topological polar surface area (TPSA) is 293 Å². The number of aliphatic hydroxyl groups is 1. The molecule has 24 nitrogen and oxygen atoms in total. The maximum atomic E-state index is 11.3. The van der Waals surface area contributed by atoms with Gasteiger partial charge in [-0.1, -0.05) is 62.1 Å². The number of carbonyl (C=O) groups excluding carboxylic acids is 10. The number of unbranched alkanes of at least 4 members (excludes halogenated alkanes) is 4. The fraction of sp³-hybridized carbons (Fsp3) is 0.744. The van der Waals surface area contributed by atoms with Crippen molar-refractivity contribution in [3.05, 3.63) is 0 Å². The number of esters is 2. The first-order chi connectivity index (χ1) is 32.2. The van der Waals surface area contributed by atoms with Crippen LogP contribution in [0.2, 0.25) is 0 Å². The van der Waals surface area contributed by atoms with Crippen LogP contribution in [0.4, 0.5) is 9.59 Å². The monoisotopic (exact) mass is 1670 g/mol. The van der Waals surface area contributed by atoms with Gasteiger partial charge < -0.3 is 38.3 Å². The zero-order valence-electron chi connectivity index (χ0n) is 37.6. The van der Waals surface area contributed by atoms with Gasteiger partial charge in [-0.15, -0.1) is 24.0 Å².